The summed E-state index contributed by atoms with van der Waals surface area (Å²) < 4.78 is 28.7. The smallest absolute Gasteiger partial charge is 0.387 e. The van der Waals surface area contributed by atoms with E-state index in [9.17, 15) is 13.6 Å². The minimum absolute atomic E-state index is 0.0662. The fourth-order valence-electron chi connectivity index (χ4n) is 3.29. The van der Waals surface area contributed by atoms with Crippen molar-refractivity contribution in [3.05, 3.63) is 64.1 Å². The van der Waals surface area contributed by atoms with Gasteiger partial charge in [0.25, 0.3) is 0 Å². The van der Waals surface area contributed by atoms with Gasteiger partial charge >= 0.3 is 6.61 Å². The number of hydrogen-bond acceptors (Lipinski definition) is 3. The molecule has 1 aromatic carbocycles. The van der Waals surface area contributed by atoms with Crippen molar-refractivity contribution in [2.24, 2.45) is 5.92 Å². The average molecular weight is 348 g/mol. The molecule has 1 aromatic heterocycles. The molecule has 0 unspecified atom stereocenters. The number of rotatable bonds is 6. The third-order valence-electron chi connectivity index (χ3n) is 4.63. The largest absolute Gasteiger partial charge is 0.435 e. The quantitative estimate of drug-likeness (QED) is 0.870. The number of piperidine rings is 1. The van der Waals surface area contributed by atoms with Gasteiger partial charge in [-0.2, -0.15) is 8.78 Å². The SMILES string of the molecule is O=c1ccc(CC2CCN(Cc3ccc(OC(F)F)cc3)CC2)c[nH]1. The van der Waals surface area contributed by atoms with Crippen molar-refractivity contribution in [1.29, 1.82) is 0 Å². The van der Waals surface area contributed by atoms with E-state index < -0.39 is 6.61 Å². The van der Waals surface area contributed by atoms with Crippen LogP contribution in [-0.2, 0) is 13.0 Å². The molecule has 0 spiro atoms. The van der Waals surface area contributed by atoms with E-state index in [1.807, 2.05) is 18.2 Å². The zero-order valence-corrected chi connectivity index (χ0v) is 14.0. The van der Waals surface area contributed by atoms with Crippen LogP contribution in [0.3, 0.4) is 0 Å². The zero-order valence-electron chi connectivity index (χ0n) is 14.0. The Hall–Kier alpha value is -2.21. The van der Waals surface area contributed by atoms with E-state index in [-0.39, 0.29) is 11.3 Å². The van der Waals surface area contributed by atoms with Gasteiger partial charge in [0.2, 0.25) is 5.56 Å². The number of aromatic nitrogens is 1. The third kappa shape index (κ3) is 5.39. The highest BCUT2D eigenvalue weighted by Gasteiger charge is 2.19. The van der Waals surface area contributed by atoms with E-state index >= 15 is 0 Å². The minimum atomic E-state index is -2.78. The molecule has 0 bridgehead atoms. The highest BCUT2D eigenvalue weighted by molar-refractivity contribution is 5.27. The van der Waals surface area contributed by atoms with Gasteiger partial charge < -0.3 is 9.72 Å². The first-order valence-electron chi connectivity index (χ1n) is 8.52. The molecule has 1 aliphatic rings. The van der Waals surface area contributed by atoms with Crippen molar-refractivity contribution in [2.45, 2.75) is 32.4 Å². The Bertz CT molecular complexity index is 702. The molecule has 2 aromatic rings. The molecule has 134 valence electrons. The monoisotopic (exact) mass is 348 g/mol. The highest BCUT2D eigenvalue weighted by atomic mass is 19.3. The Morgan fingerprint density at radius 3 is 2.36 bits per heavy atom. The first-order valence-corrected chi connectivity index (χ1v) is 8.52. The molecular formula is C19H22F2N2O2. The molecule has 0 amide bonds. The molecule has 25 heavy (non-hydrogen) atoms. The molecule has 1 saturated heterocycles. The lowest BCUT2D eigenvalue weighted by Gasteiger charge is -2.32. The number of aromatic amines is 1. The summed E-state index contributed by atoms with van der Waals surface area (Å²) in [6.07, 6.45) is 5.03. The molecule has 0 saturated carbocycles. The normalized spacial score (nSPS) is 16.3. The molecule has 0 aliphatic carbocycles. The standard InChI is InChI=1S/C19H22F2N2O2/c20-19(21)25-17-4-1-15(2-5-17)13-23-9-7-14(8-10-23)11-16-3-6-18(24)22-12-16/h1-6,12,14,19H,7-11,13H2,(H,22,24). The van der Waals surface area contributed by atoms with Crippen molar-refractivity contribution in [3.63, 3.8) is 0 Å². The number of benzene rings is 1. The molecule has 1 N–H and O–H groups in total. The van der Waals surface area contributed by atoms with Gasteiger partial charge in [-0.25, -0.2) is 0 Å². The average Bonchev–Trinajstić information content (AvgIpc) is 2.60. The maximum atomic E-state index is 12.2. The van der Waals surface area contributed by atoms with Crippen LogP contribution in [0.2, 0.25) is 0 Å². The second-order valence-electron chi connectivity index (χ2n) is 6.51. The number of alkyl halides is 2. The van der Waals surface area contributed by atoms with Crippen molar-refractivity contribution >= 4 is 0 Å². The van der Waals surface area contributed by atoms with Crippen LogP contribution in [0.15, 0.2) is 47.4 Å². The molecule has 4 nitrogen and oxygen atoms in total. The maximum absolute atomic E-state index is 12.2. The van der Waals surface area contributed by atoms with E-state index in [4.69, 9.17) is 0 Å². The first kappa shape index (κ1) is 17.6. The van der Waals surface area contributed by atoms with Gasteiger partial charge in [0.05, 0.1) is 0 Å². The molecule has 3 rings (SSSR count). The van der Waals surface area contributed by atoms with E-state index in [1.165, 1.54) is 5.56 Å². The predicted octanol–water partition coefficient (Wildman–Crippen LogP) is 3.43. The Balaban J connectivity index is 1.45. The van der Waals surface area contributed by atoms with Gasteiger partial charge in [-0.3, -0.25) is 9.69 Å². The number of nitrogens with one attached hydrogen (secondary N) is 1. The number of likely N-dealkylation sites (tertiary alicyclic amines) is 1. The van der Waals surface area contributed by atoms with Crippen molar-refractivity contribution in [2.75, 3.05) is 13.1 Å². The fourth-order valence-corrected chi connectivity index (χ4v) is 3.29. The molecule has 0 atom stereocenters. The maximum Gasteiger partial charge on any atom is 0.387 e. The van der Waals surface area contributed by atoms with E-state index in [0.717, 1.165) is 44.5 Å². The highest BCUT2D eigenvalue weighted by Crippen LogP contribution is 2.23. The number of ether oxygens (including phenoxy) is 1. The first-order chi connectivity index (χ1) is 12.1. The van der Waals surface area contributed by atoms with Crippen LogP contribution in [0, 0.1) is 5.92 Å². The molecule has 1 aliphatic heterocycles. The topological polar surface area (TPSA) is 45.3 Å². The van der Waals surface area contributed by atoms with E-state index in [0.29, 0.717) is 5.92 Å². The summed E-state index contributed by atoms with van der Waals surface area (Å²) in [4.78, 5) is 16.2. The fraction of sp³-hybridized carbons (Fsp3) is 0.421. The van der Waals surface area contributed by atoms with Crippen LogP contribution in [0.4, 0.5) is 8.78 Å². The van der Waals surface area contributed by atoms with E-state index in [1.54, 1.807) is 24.4 Å². The van der Waals surface area contributed by atoms with Crippen LogP contribution < -0.4 is 10.3 Å². The molecule has 2 heterocycles. The molecular weight excluding hydrogens is 326 g/mol. The van der Waals surface area contributed by atoms with Crippen LogP contribution in [0.25, 0.3) is 0 Å². The van der Waals surface area contributed by atoms with Gasteiger partial charge in [0.1, 0.15) is 5.75 Å². The Morgan fingerprint density at radius 1 is 1.08 bits per heavy atom. The summed E-state index contributed by atoms with van der Waals surface area (Å²) >= 11 is 0. The van der Waals surface area contributed by atoms with Gasteiger partial charge in [-0.15, -0.1) is 0 Å². The zero-order chi connectivity index (χ0) is 17.6. The lowest BCUT2D eigenvalue weighted by Crippen LogP contribution is -2.33. The van der Waals surface area contributed by atoms with Crippen LogP contribution >= 0.6 is 0 Å². The second kappa shape index (κ2) is 8.25. The van der Waals surface area contributed by atoms with E-state index in [2.05, 4.69) is 14.6 Å². The Labute approximate surface area is 145 Å². The molecule has 0 radical (unpaired) electrons. The number of halogens is 2. The number of hydrogen-bond donors (Lipinski definition) is 1. The summed E-state index contributed by atoms with van der Waals surface area (Å²) in [7, 11) is 0. The lowest BCUT2D eigenvalue weighted by atomic mass is 9.90. The van der Waals surface area contributed by atoms with Gasteiger partial charge in [0, 0.05) is 18.8 Å². The molecule has 6 heteroatoms. The summed E-state index contributed by atoms with van der Waals surface area (Å²) in [5.74, 6) is 0.822. The summed E-state index contributed by atoms with van der Waals surface area (Å²) in [5, 5.41) is 0. The predicted molar refractivity (Wildman–Crippen MR) is 91.8 cm³/mol. The van der Waals surface area contributed by atoms with Gasteiger partial charge in [-0.1, -0.05) is 18.2 Å². The van der Waals surface area contributed by atoms with Crippen LogP contribution in [0.1, 0.15) is 24.0 Å². The van der Waals surface area contributed by atoms with Crippen molar-refractivity contribution in [1.82, 2.24) is 9.88 Å². The van der Waals surface area contributed by atoms with Crippen LogP contribution in [0.5, 0.6) is 5.75 Å². The van der Waals surface area contributed by atoms with Gasteiger partial charge in [-0.05, 0) is 61.5 Å². The van der Waals surface area contributed by atoms with Gasteiger partial charge in [0.15, 0.2) is 0 Å². The Kier molecular flexibility index (Phi) is 5.81. The van der Waals surface area contributed by atoms with Crippen molar-refractivity contribution < 1.29 is 13.5 Å². The second-order valence-corrected chi connectivity index (χ2v) is 6.51. The number of pyridine rings is 1. The Morgan fingerprint density at radius 2 is 1.76 bits per heavy atom. The minimum Gasteiger partial charge on any atom is -0.435 e. The number of H-pyrrole nitrogens is 1. The van der Waals surface area contributed by atoms with Crippen molar-refractivity contribution in [3.8, 4) is 5.75 Å². The third-order valence-corrected chi connectivity index (χ3v) is 4.63. The molecule has 1 fully saturated rings. The summed E-state index contributed by atoms with van der Waals surface area (Å²) in [5.41, 5.74) is 2.21. The number of nitrogens with zero attached hydrogens (tertiary/aromatic N) is 1. The summed E-state index contributed by atoms with van der Waals surface area (Å²) in [6, 6.07) is 10.3. The summed E-state index contributed by atoms with van der Waals surface area (Å²) in [6.45, 7) is 0.0692. The van der Waals surface area contributed by atoms with Crippen LogP contribution in [-0.4, -0.2) is 29.6 Å². The lowest BCUT2D eigenvalue weighted by molar-refractivity contribution is -0.0498.